The fourth-order valence-corrected chi connectivity index (χ4v) is 1.93. The second-order valence-corrected chi connectivity index (χ2v) is 4.72. The highest BCUT2D eigenvalue weighted by molar-refractivity contribution is 5.89. The predicted molar refractivity (Wildman–Crippen MR) is 82.2 cm³/mol. The third kappa shape index (κ3) is 3.82. The Labute approximate surface area is 122 Å². The van der Waals surface area contributed by atoms with Gasteiger partial charge < -0.3 is 15.7 Å². The molecule has 0 saturated heterocycles. The molecular formula is C16H16N2O3. The second kappa shape index (κ2) is 6.09. The number of aromatic carboxylic acids is 1. The number of carbonyl (C=O) groups is 2. The molecule has 0 fully saturated rings. The van der Waals surface area contributed by atoms with Gasteiger partial charge in [-0.05, 0) is 55.0 Å². The van der Waals surface area contributed by atoms with Gasteiger partial charge in [0, 0.05) is 24.0 Å². The summed E-state index contributed by atoms with van der Waals surface area (Å²) in [4.78, 5) is 21.8. The van der Waals surface area contributed by atoms with Crippen molar-refractivity contribution in [2.24, 2.45) is 0 Å². The largest absolute Gasteiger partial charge is 0.478 e. The van der Waals surface area contributed by atoms with Gasteiger partial charge in [0.2, 0.25) is 5.91 Å². The quantitative estimate of drug-likeness (QED) is 0.804. The zero-order valence-electron chi connectivity index (χ0n) is 11.8. The van der Waals surface area contributed by atoms with E-state index in [-0.39, 0.29) is 11.5 Å². The summed E-state index contributed by atoms with van der Waals surface area (Å²) in [5, 5.41) is 14.8. The summed E-state index contributed by atoms with van der Waals surface area (Å²) in [6.07, 6.45) is 0. The van der Waals surface area contributed by atoms with E-state index in [1.807, 2.05) is 19.1 Å². The molecule has 5 heteroatoms. The maximum atomic E-state index is 10.9. The highest BCUT2D eigenvalue weighted by Crippen LogP contribution is 2.23. The number of benzene rings is 2. The number of nitrogens with one attached hydrogen (secondary N) is 2. The molecule has 0 atom stereocenters. The monoisotopic (exact) mass is 284 g/mol. The molecule has 0 bridgehead atoms. The first-order valence-electron chi connectivity index (χ1n) is 6.44. The minimum absolute atomic E-state index is 0.115. The van der Waals surface area contributed by atoms with E-state index in [1.165, 1.54) is 6.92 Å². The zero-order chi connectivity index (χ0) is 15.4. The maximum absolute atomic E-state index is 10.9. The standard InChI is InChI=1S/C16H16N2O3/c1-10-9-12(16(20)21)3-8-15(10)18-14-6-4-13(5-7-14)17-11(2)19/h3-9,18H,1-2H3,(H,17,19)(H,20,21). The molecule has 0 heterocycles. The molecule has 5 nitrogen and oxygen atoms in total. The predicted octanol–water partition coefficient (Wildman–Crippen LogP) is 3.40. The summed E-state index contributed by atoms with van der Waals surface area (Å²) in [6.45, 7) is 3.31. The SMILES string of the molecule is CC(=O)Nc1ccc(Nc2ccc(C(=O)O)cc2C)cc1. The second-order valence-electron chi connectivity index (χ2n) is 4.72. The lowest BCUT2D eigenvalue weighted by Gasteiger charge is -2.11. The first-order chi connectivity index (χ1) is 9.95. The molecule has 2 aromatic rings. The molecule has 0 spiro atoms. The summed E-state index contributed by atoms with van der Waals surface area (Å²) in [7, 11) is 0. The number of aryl methyl sites for hydroxylation is 1. The van der Waals surface area contributed by atoms with Gasteiger partial charge in [0.05, 0.1) is 5.56 Å². The first-order valence-corrected chi connectivity index (χ1v) is 6.44. The van der Waals surface area contributed by atoms with Crippen LogP contribution in [0.5, 0.6) is 0 Å². The van der Waals surface area contributed by atoms with Crippen LogP contribution in [0.15, 0.2) is 42.5 Å². The van der Waals surface area contributed by atoms with E-state index in [2.05, 4.69) is 10.6 Å². The van der Waals surface area contributed by atoms with E-state index >= 15 is 0 Å². The molecule has 0 aliphatic heterocycles. The Bertz CT molecular complexity index is 678. The fraction of sp³-hybridized carbons (Fsp3) is 0.125. The van der Waals surface area contributed by atoms with Crippen molar-refractivity contribution in [3.8, 4) is 0 Å². The van der Waals surface area contributed by atoms with Crippen molar-refractivity contribution in [2.75, 3.05) is 10.6 Å². The Balaban J connectivity index is 2.14. The van der Waals surface area contributed by atoms with Gasteiger partial charge in [0.25, 0.3) is 0 Å². The first kappa shape index (κ1) is 14.6. The van der Waals surface area contributed by atoms with Gasteiger partial charge in [-0.2, -0.15) is 0 Å². The van der Waals surface area contributed by atoms with Gasteiger partial charge in [-0.3, -0.25) is 4.79 Å². The van der Waals surface area contributed by atoms with E-state index in [9.17, 15) is 9.59 Å². The van der Waals surface area contributed by atoms with Crippen molar-refractivity contribution in [3.63, 3.8) is 0 Å². The van der Waals surface area contributed by atoms with E-state index in [0.29, 0.717) is 0 Å². The molecule has 0 aliphatic rings. The lowest BCUT2D eigenvalue weighted by Crippen LogP contribution is -2.05. The van der Waals surface area contributed by atoms with Crippen LogP contribution in [0.25, 0.3) is 0 Å². The summed E-state index contributed by atoms with van der Waals surface area (Å²) >= 11 is 0. The van der Waals surface area contributed by atoms with Gasteiger partial charge in [-0.25, -0.2) is 4.79 Å². The van der Waals surface area contributed by atoms with Crippen molar-refractivity contribution < 1.29 is 14.7 Å². The molecule has 21 heavy (non-hydrogen) atoms. The normalized spacial score (nSPS) is 10.0. The van der Waals surface area contributed by atoms with Crippen LogP contribution >= 0.6 is 0 Å². The summed E-state index contributed by atoms with van der Waals surface area (Å²) in [5.41, 5.74) is 3.54. The Hall–Kier alpha value is -2.82. The molecular weight excluding hydrogens is 268 g/mol. The lowest BCUT2D eigenvalue weighted by atomic mass is 10.1. The van der Waals surface area contributed by atoms with Gasteiger partial charge in [0.1, 0.15) is 0 Å². The third-order valence-electron chi connectivity index (χ3n) is 2.96. The summed E-state index contributed by atoms with van der Waals surface area (Å²) in [5.74, 6) is -1.06. The zero-order valence-corrected chi connectivity index (χ0v) is 11.8. The summed E-state index contributed by atoms with van der Waals surface area (Å²) in [6, 6.07) is 12.2. The van der Waals surface area contributed by atoms with E-state index in [0.717, 1.165) is 22.6 Å². The number of anilines is 3. The van der Waals surface area contributed by atoms with Crippen molar-refractivity contribution in [2.45, 2.75) is 13.8 Å². The van der Waals surface area contributed by atoms with Crippen LogP contribution in [0, 0.1) is 6.92 Å². The third-order valence-corrected chi connectivity index (χ3v) is 2.96. The van der Waals surface area contributed by atoms with E-state index in [1.54, 1.807) is 30.3 Å². The number of carboxylic acids is 1. The molecule has 2 aromatic carbocycles. The smallest absolute Gasteiger partial charge is 0.335 e. The topological polar surface area (TPSA) is 78.4 Å². The van der Waals surface area contributed by atoms with E-state index in [4.69, 9.17) is 5.11 Å². The Morgan fingerprint density at radius 1 is 1.00 bits per heavy atom. The number of amides is 1. The molecule has 2 rings (SSSR count). The Morgan fingerprint density at radius 3 is 2.14 bits per heavy atom. The van der Waals surface area contributed by atoms with Crippen LogP contribution < -0.4 is 10.6 Å². The van der Waals surface area contributed by atoms with Crippen molar-refractivity contribution >= 4 is 28.9 Å². The molecule has 3 N–H and O–H groups in total. The maximum Gasteiger partial charge on any atom is 0.335 e. The number of hydrogen-bond acceptors (Lipinski definition) is 3. The van der Waals surface area contributed by atoms with Crippen LogP contribution in [0.3, 0.4) is 0 Å². The van der Waals surface area contributed by atoms with Gasteiger partial charge in [-0.15, -0.1) is 0 Å². The van der Waals surface area contributed by atoms with Crippen molar-refractivity contribution in [1.82, 2.24) is 0 Å². The molecule has 108 valence electrons. The Kier molecular flexibility index (Phi) is 4.23. The Morgan fingerprint density at radius 2 is 1.62 bits per heavy atom. The highest BCUT2D eigenvalue weighted by Gasteiger charge is 2.06. The van der Waals surface area contributed by atoms with Crippen LogP contribution in [-0.4, -0.2) is 17.0 Å². The highest BCUT2D eigenvalue weighted by atomic mass is 16.4. The summed E-state index contributed by atoms with van der Waals surface area (Å²) < 4.78 is 0. The van der Waals surface area contributed by atoms with E-state index < -0.39 is 5.97 Å². The molecule has 0 aromatic heterocycles. The number of carboxylic acid groups (broad SMARTS) is 1. The van der Waals surface area contributed by atoms with Crippen molar-refractivity contribution in [3.05, 3.63) is 53.6 Å². The molecule has 0 saturated carbocycles. The number of hydrogen-bond donors (Lipinski definition) is 3. The number of carbonyl (C=O) groups excluding carboxylic acids is 1. The molecule has 0 radical (unpaired) electrons. The fourth-order valence-electron chi connectivity index (χ4n) is 1.93. The van der Waals surface area contributed by atoms with Crippen LogP contribution in [-0.2, 0) is 4.79 Å². The molecule has 0 aliphatic carbocycles. The van der Waals surface area contributed by atoms with Crippen LogP contribution in [0.2, 0.25) is 0 Å². The number of rotatable bonds is 4. The minimum atomic E-state index is -0.940. The van der Waals surface area contributed by atoms with Crippen LogP contribution in [0.4, 0.5) is 17.1 Å². The van der Waals surface area contributed by atoms with Crippen molar-refractivity contribution in [1.29, 1.82) is 0 Å². The average Bonchev–Trinajstić information content (AvgIpc) is 2.42. The van der Waals surface area contributed by atoms with Gasteiger partial charge >= 0.3 is 5.97 Å². The minimum Gasteiger partial charge on any atom is -0.478 e. The lowest BCUT2D eigenvalue weighted by molar-refractivity contribution is -0.114. The van der Waals surface area contributed by atoms with Crippen LogP contribution in [0.1, 0.15) is 22.8 Å². The van der Waals surface area contributed by atoms with Gasteiger partial charge in [-0.1, -0.05) is 0 Å². The van der Waals surface area contributed by atoms with Gasteiger partial charge in [0.15, 0.2) is 0 Å². The average molecular weight is 284 g/mol. The molecule has 0 unspecified atom stereocenters. The molecule has 1 amide bonds.